The monoisotopic (exact) mass is 399 g/mol. The zero-order chi connectivity index (χ0) is 20.1. The number of hydrogen-bond donors (Lipinski definition) is 2. The van der Waals surface area contributed by atoms with Gasteiger partial charge in [-0.3, -0.25) is 9.59 Å². The average molecular weight is 400 g/mol. The molecule has 1 fully saturated rings. The number of rotatable bonds is 5. The number of nitrogens with zero attached hydrogens (tertiary/aromatic N) is 1. The Balaban J connectivity index is 1.52. The van der Waals surface area contributed by atoms with Gasteiger partial charge in [-0.15, -0.1) is 0 Å². The van der Waals surface area contributed by atoms with E-state index in [1.807, 2.05) is 42.2 Å². The summed E-state index contributed by atoms with van der Waals surface area (Å²) in [5, 5.41) is 6.55. The third-order valence-corrected chi connectivity index (χ3v) is 5.61. The minimum Gasteiger partial charge on any atom is -0.376 e. The zero-order valence-electron chi connectivity index (χ0n) is 16.3. The SMILES string of the molecule is Cc1c(Cl)cccc1NC(=O)CNc1ccc(C(=O)N2CCC(C)CC2)cc1. The molecule has 0 radical (unpaired) electrons. The van der Waals surface area contributed by atoms with Crippen LogP contribution in [0.4, 0.5) is 11.4 Å². The topological polar surface area (TPSA) is 61.4 Å². The second-order valence-corrected chi connectivity index (χ2v) is 7.77. The van der Waals surface area contributed by atoms with Crippen LogP contribution in [0.25, 0.3) is 0 Å². The first-order valence-electron chi connectivity index (χ1n) is 9.62. The van der Waals surface area contributed by atoms with Crippen molar-refractivity contribution in [2.75, 3.05) is 30.3 Å². The van der Waals surface area contributed by atoms with Crippen LogP contribution in [-0.4, -0.2) is 36.3 Å². The van der Waals surface area contributed by atoms with Gasteiger partial charge in [0.15, 0.2) is 0 Å². The van der Waals surface area contributed by atoms with Crippen LogP contribution in [0.15, 0.2) is 42.5 Å². The van der Waals surface area contributed by atoms with Gasteiger partial charge in [0.2, 0.25) is 5.91 Å². The molecule has 1 aliphatic rings. The number of hydrogen-bond acceptors (Lipinski definition) is 3. The van der Waals surface area contributed by atoms with Gasteiger partial charge in [0, 0.05) is 35.1 Å². The van der Waals surface area contributed by atoms with Crippen LogP contribution in [0.5, 0.6) is 0 Å². The van der Waals surface area contributed by atoms with Crippen molar-refractivity contribution >= 4 is 34.8 Å². The number of likely N-dealkylation sites (tertiary alicyclic amines) is 1. The summed E-state index contributed by atoms with van der Waals surface area (Å²) in [5.74, 6) is 0.609. The van der Waals surface area contributed by atoms with Crippen molar-refractivity contribution in [1.29, 1.82) is 0 Å². The van der Waals surface area contributed by atoms with E-state index in [9.17, 15) is 9.59 Å². The summed E-state index contributed by atoms with van der Waals surface area (Å²) < 4.78 is 0. The molecule has 1 heterocycles. The van der Waals surface area contributed by atoms with E-state index in [0.717, 1.165) is 37.2 Å². The van der Waals surface area contributed by atoms with Crippen LogP contribution in [0.2, 0.25) is 5.02 Å². The van der Waals surface area contributed by atoms with E-state index in [-0.39, 0.29) is 18.4 Å². The van der Waals surface area contributed by atoms with Crippen LogP contribution in [-0.2, 0) is 4.79 Å². The van der Waals surface area contributed by atoms with Crippen molar-refractivity contribution in [3.05, 3.63) is 58.6 Å². The molecule has 2 aromatic carbocycles. The van der Waals surface area contributed by atoms with E-state index < -0.39 is 0 Å². The Morgan fingerprint density at radius 1 is 1.11 bits per heavy atom. The number of piperidine rings is 1. The predicted molar refractivity (Wildman–Crippen MR) is 114 cm³/mol. The number of anilines is 2. The van der Waals surface area contributed by atoms with Gasteiger partial charge >= 0.3 is 0 Å². The third-order valence-electron chi connectivity index (χ3n) is 5.20. The largest absolute Gasteiger partial charge is 0.376 e. The van der Waals surface area contributed by atoms with Crippen molar-refractivity contribution in [3.8, 4) is 0 Å². The van der Waals surface area contributed by atoms with Gasteiger partial charge in [-0.1, -0.05) is 24.6 Å². The van der Waals surface area contributed by atoms with E-state index in [1.165, 1.54) is 0 Å². The van der Waals surface area contributed by atoms with E-state index in [1.54, 1.807) is 12.1 Å². The van der Waals surface area contributed by atoms with Gasteiger partial charge in [-0.25, -0.2) is 0 Å². The Hall–Kier alpha value is -2.53. The Morgan fingerprint density at radius 2 is 1.79 bits per heavy atom. The molecule has 0 aliphatic carbocycles. The molecule has 2 N–H and O–H groups in total. The van der Waals surface area contributed by atoms with E-state index in [4.69, 9.17) is 11.6 Å². The molecule has 148 valence electrons. The molecule has 2 amide bonds. The average Bonchev–Trinajstić information content (AvgIpc) is 2.70. The summed E-state index contributed by atoms with van der Waals surface area (Å²) in [5.41, 5.74) is 3.02. The number of amides is 2. The molecule has 2 aromatic rings. The van der Waals surface area contributed by atoms with E-state index >= 15 is 0 Å². The number of benzene rings is 2. The summed E-state index contributed by atoms with van der Waals surface area (Å²) in [4.78, 5) is 26.7. The Bertz CT molecular complexity index is 843. The maximum Gasteiger partial charge on any atom is 0.253 e. The number of carbonyl (C=O) groups excluding carboxylic acids is 2. The lowest BCUT2D eigenvalue weighted by atomic mass is 9.98. The first-order chi connectivity index (χ1) is 13.4. The predicted octanol–water partition coefficient (Wildman–Crippen LogP) is 4.57. The quantitative estimate of drug-likeness (QED) is 0.774. The Labute approximate surface area is 171 Å². The van der Waals surface area contributed by atoms with E-state index in [2.05, 4.69) is 17.6 Å². The summed E-state index contributed by atoms with van der Waals surface area (Å²) in [6.07, 6.45) is 2.12. The molecule has 3 rings (SSSR count). The van der Waals surface area contributed by atoms with Crippen molar-refractivity contribution in [2.24, 2.45) is 5.92 Å². The lowest BCUT2D eigenvalue weighted by Crippen LogP contribution is -2.37. The fourth-order valence-corrected chi connectivity index (χ4v) is 3.42. The van der Waals surface area contributed by atoms with Crippen molar-refractivity contribution < 1.29 is 9.59 Å². The molecule has 0 bridgehead atoms. The maximum atomic E-state index is 12.6. The molecule has 1 aliphatic heterocycles. The van der Waals surface area contributed by atoms with Crippen LogP contribution in [0.1, 0.15) is 35.7 Å². The molecule has 0 unspecified atom stereocenters. The minimum absolute atomic E-state index is 0.0765. The molecular formula is C22H26ClN3O2. The highest BCUT2D eigenvalue weighted by molar-refractivity contribution is 6.31. The number of halogens is 1. The fraction of sp³-hybridized carbons (Fsp3) is 0.364. The highest BCUT2D eigenvalue weighted by atomic mass is 35.5. The first-order valence-corrected chi connectivity index (χ1v) is 10.00. The van der Waals surface area contributed by atoms with Crippen LogP contribution < -0.4 is 10.6 Å². The Morgan fingerprint density at radius 3 is 2.46 bits per heavy atom. The van der Waals surface area contributed by atoms with Crippen LogP contribution in [0.3, 0.4) is 0 Å². The minimum atomic E-state index is -0.159. The maximum absolute atomic E-state index is 12.6. The summed E-state index contributed by atoms with van der Waals surface area (Å²) in [6, 6.07) is 12.7. The van der Waals surface area contributed by atoms with Crippen LogP contribution in [0, 0.1) is 12.8 Å². The third kappa shape index (κ3) is 5.04. The van der Waals surface area contributed by atoms with Gasteiger partial charge in [-0.2, -0.15) is 0 Å². The van der Waals surface area contributed by atoms with Crippen molar-refractivity contribution in [2.45, 2.75) is 26.7 Å². The van der Waals surface area contributed by atoms with Crippen LogP contribution >= 0.6 is 11.6 Å². The lowest BCUT2D eigenvalue weighted by Gasteiger charge is -2.30. The standard InChI is InChI=1S/C22H26ClN3O2/c1-15-10-12-26(13-11-15)22(28)17-6-8-18(9-7-17)24-14-21(27)25-20-5-3-4-19(23)16(20)2/h3-9,15,24H,10-14H2,1-2H3,(H,25,27). The molecule has 28 heavy (non-hydrogen) atoms. The van der Waals surface area contributed by atoms with Gasteiger partial charge in [0.1, 0.15) is 0 Å². The molecule has 6 heteroatoms. The summed E-state index contributed by atoms with van der Waals surface area (Å²) in [7, 11) is 0. The lowest BCUT2D eigenvalue weighted by molar-refractivity contribution is -0.114. The number of nitrogens with one attached hydrogen (secondary N) is 2. The molecule has 1 saturated heterocycles. The summed E-state index contributed by atoms with van der Waals surface area (Å²) in [6.45, 7) is 5.87. The second-order valence-electron chi connectivity index (χ2n) is 7.37. The molecule has 5 nitrogen and oxygen atoms in total. The van der Waals surface area contributed by atoms with E-state index in [0.29, 0.717) is 22.2 Å². The van der Waals surface area contributed by atoms with Gasteiger partial charge in [0.05, 0.1) is 6.54 Å². The smallest absolute Gasteiger partial charge is 0.253 e. The highest BCUT2D eigenvalue weighted by Gasteiger charge is 2.21. The molecule has 0 spiro atoms. The molecule has 0 saturated carbocycles. The fourth-order valence-electron chi connectivity index (χ4n) is 3.24. The van der Waals surface area contributed by atoms with Crippen molar-refractivity contribution in [3.63, 3.8) is 0 Å². The summed E-state index contributed by atoms with van der Waals surface area (Å²) >= 11 is 6.08. The Kier molecular flexibility index (Phi) is 6.57. The van der Waals surface area contributed by atoms with Crippen molar-refractivity contribution in [1.82, 2.24) is 4.90 Å². The number of carbonyl (C=O) groups is 2. The zero-order valence-corrected chi connectivity index (χ0v) is 17.1. The molecule has 0 aromatic heterocycles. The first kappa shape index (κ1) is 20.2. The second kappa shape index (κ2) is 9.11. The van der Waals surface area contributed by atoms with Gasteiger partial charge in [0.25, 0.3) is 5.91 Å². The highest BCUT2D eigenvalue weighted by Crippen LogP contribution is 2.23. The normalized spacial score (nSPS) is 14.6. The van der Waals surface area contributed by atoms with Gasteiger partial charge < -0.3 is 15.5 Å². The molecular weight excluding hydrogens is 374 g/mol. The molecule has 0 atom stereocenters. The van der Waals surface area contributed by atoms with Gasteiger partial charge in [-0.05, 0) is 67.6 Å².